The van der Waals surface area contributed by atoms with Crippen LogP contribution in [0.25, 0.3) is 10.2 Å². The summed E-state index contributed by atoms with van der Waals surface area (Å²) in [5.41, 5.74) is 3.42. The summed E-state index contributed by atoms with van der Waals surface area (Å²) in [5.74, 6) is -0.449. The fourth-order valence-electron chi connectivity index (χ4n) is 4.28. The molecule has 186 valence electrons. The zero-order chi connectivity index (χ0) is 25.3. The van der Waals surface area contributed by atoms with Crippen LogP contribution in [0.15, 0.2) is 76.6 Å². The topological polar surface area (TPSA) is 81.0 Å². The van der Waals surface area contributed by atoms with E-state index in [4.69, 9.17) is 16.3 Å². The highest BCUT2D eigenvalue weighted by Crippen LogP contribution is 2.25. The van der Waals surface area contributed by atoms with Gasteiger partial charge >= 0.3 is 0 Å². The van der Waals surface area contributed by atoms with Gasteiger partial charge in [-0.3, -0.25) is 4.79 Å². The van der Waals surface area contributed by atoms with Crippen LogP contribution in [0.1, 0.15) is 21.5 Å². The highest BCUT2D eigenvalue weighted by atomic mass is 35.5. The van der Waals surface area contributed by atoms with Crippen molar-refractivity contribution in [3.63, 3.8) is 0 Å². The maximum Gasteiger partial charge on any atom is 0.279 e. The van der Waals surface area contributed by atoms with Crippen molar-refractivity contribution in [2.24, 2.45) is 4.99 Å². The molecule has 0 bridgehead atoms. The molecule has 0 radical (unpaired) electrons. The highest BCUT2D eigenvalue weighted by Gasteiger charge is 2.28. The molecule has 10 heteroatoms. The van der Waals surface area contributed by atoms with Crippen molar-refractivity contribution in [2.45, 2.75) is 24.4 Å². The van der Waals surface area contributed by atoms with E-state index < -0.39 is 15.9 Å². The van der Waals surface area contributed by atoms with Crippen LogP contribution in [0.4, 0.5) is 0 Å². The molecule has 0 spiro atoms. The minimum atomic E-state index is -3.68. The molecule has 1 amide bonds. The molecule has 4 aromatic rings. The van der Waals surface area contributed by atoms with Gasteiger partial charge in [-0.2, -0.15) is 9.30 Å². The van der Waals surface area contributed by atoms with Crippen molar-refractivity contribution in [2.75, 3.05) is 20.3 Å². The fraction of sp³-hybridized carbons (Fsp3) is 0.231. The van der Waals surface area contributed by atoms with Crippen LogP contribution >= 0.6 is 22.9 Å². The molecule has 7 nitrogen and oxygen atoms in total. The second kappa shape index (κ2) is 10.3. The fourth-order valence-corrected chi connectivity index (χ4v) is 7.03. The number of thiazole rings is 1. The molecule has 0 saturated heterocycles. The van der Waals surface area contributed by atoms with Crippen molar-refractivity contribution >= 4 is 49.1 Å². The van der Waals surface area contributed by atoms with Crippen LogP contribution in [-0.2, 0) is 34.3 Å². The summed E-state index contributed by atoms with van der Waals surface area (Å²) in [6.45, 7) is 1.75. The van der Waals surface area contributed by atoms with E-state index in [0.717, 1.165) is 15.8 Å². The number of benzene rings is 3. The molecule has 36 heavy (non-hydrogen) atoms. The minimum Gasteiger partial charge on any atom is -0.383 e. The van der Waals surface area contributed by atoms with E-state index in [1.165, 1.54) is 45.5 Å². The number of fused-ring (bicyclic) bond motifs is 2. The number of hydrogen-bond donors (Lipinski definition) is 0. The van der Waals surface area contributed by atoms with Crippen LogP contribution < -0.4 is 4.80 Å². The number of sulfonamides is 1. The molecule has 0 saturated carbocycles. The number of nitrogens with zero attached hydrogens (tertiary/aromatic N) is 3. The molecule has 0 aliphatic carbocycles. The Kier molecular flexibility index (Phi) is 7.09. The molecule has 2 heterocycles. The molecule has 3 aromatic carbocycles. The van der Waals surface area contributed by atoms with Gasteiger partial charge < -0.3 is 9.30 Å². The number of amides is 1. The Morgan fingerprint density at radius 1 is 1.08 bits per heavy atom. The minimum absolute atomic E-state index is 0.157. The second-order valence-electron chi connectivity index (χ2n) is 8.44. The molecule has 0 unspecified atom stereocenters. The van der Waals surface area contributed by atoms with Crippen molar-refractivity contribution in [3.8, 4) is 0 Å². The zero-order valence-electron chi connectivity index (χ0n) is 19.6. The molecule has 0 atom stereocenters. The Balaban J connectivity index is 1.41. The Labute approximate surface area is 218 Å². The van der Waals surface area contributed by atoms with Crippen molar-refractivity contribution < 1.29 is 17.9 Å². The lowest BCUT2D eigenvalue weighted by atomic mass is 10.0. The number of carbonyl (C=O) groups excluding carboxylic acids is 1. The molecule has 0 fully saturated rings. The van der Waals surface area contributed by atoms with Crippen LogP contribution in [-0.4, -0.2) is 43.5 Å². The van der Waals surface area contributed by atoms with Crippen molar-refractivity contribution in [1.82, 2.24) is 8.87 Å². The maximum atomic E-state index is 13.2. The van der Waals surface area contributed by atoms with E-state index in [2.05, 4.69) is 4.99 Å². The van der Waals surface area contributed by atoms with Crippen molar-refractivity contribution in [1.29, 1.82) is 0 Å². The van der Waals surface area contributed by atoms with Gasteiger partial charge in [0.15, 0.2) is 4.80 Å². The van der Waals surface area contributed by atoms with E-state index >= 15 is 0 Å². The van der Waals surface area contributed by atoms with Crippen LogP contribution in [0.2, 0.25) is 5.02 Å². The zero-order valence-corrected chi connectivity index (χ0v) is 21.9. The van der Waals surface area contributed by atoms with E-state index in [9.17, 15) is 13.2 Å². The van der Waals surface area contributed by atoms with E-state index in [0.29, 0.717) is 48.0 Å². The van der Waals surface area contributed by atoms with Gasteiger partial charge in [-0.05, 0) is 60.0 Å². The van der Waals surface area contributed by atoms with Gasteiger partial charge in [0.05, 0.1) is 21.7 Å². The molecular formula is C26H24ClN3O4S2. The van der Waals surface area contributed by atoms with Crippen LogP contribution in [0.3, 0.4) is 0 Å². The molecular weight excluding hydrogens is 518 g/mol. The summed E-state index contributed by atoms with van der Waals surface area (Å²) in [5, 5.41) is 0.606. The summed E-state index contributed by atoms with van der Waals surface area (Å²) < 4.78 is 36.0. The van der Waals surface area contributed by atoms with Gasteiger partial charge in [0.25, 0.3) is 5.91 Å². The standard InChI is InChI=1S/C26H24ClN3O4S2/c1-34-15-14-30-23-11-8-21(27)16-24(23)35-26(30)28-25(31)19-6-9-22(10-7-19)36(32,33)29-13-12-18-4-2-3-5-20(18)17-29/h2-11,16H,12-15,17H2,1H3. The average molecular weight is 542 g/mol. The second-order valence-corrected chi connectivity index (χ2v) is 11.8. The summed E-state index contributed by atoms with van der Waals surface area (Å²) in [4.78, 5) is 18.0. The third-order valence-electron chi connectivity index (χ3n) is 6.20. The largest absolute Gasteiger partial charge is 0.383 e. The number of aromatic nitrogens is 1. The Morgan fingerprint density at radius 2 is 1.83 bits per heavy atom. The maximum absolute atomic E-state index is 13.2. The first kappa shape index (κ1) is 24.9. The smallest absolute Gasteiger partial charge is 0.279 e. The monoisotopic (exact) mass is 541 g/mol. The SMILES string of the molecule is COCCn1c(=NC(=O)c2ccc(S(=O)(=O)N3CCc4ccccc4C3)cc2)sc2cc(Cl)ccc21. The van der Waals surface area contributed by atoms with Gasteiger partial charge in [-0.1, -0.05) is 47.2 Å². The lowest BCUT2D eigenvalue weighted by Gasteiger charge is -2.28. The first-order valence-electron chi connectivity index (χ1n) is 11.4. The van der Waals surface area contributed by atoms with Gasteiger partial charge in [0, 0.05) is 37.3 Å². The van der Waals surface area contributed by atoms with Crippen LogP contribution in [0.5, 0.6) is 0 Å². The summed E-state index contributed by atoms with van der Waals surface area (Å²) >= 11 is 7.51. The number of methoxy groups -OCH3 is 1. The van der Waals surface area contributed by atoms with Gasteiger partial charge in [-0.25, -0.2) is 8.42 Å². The Morgan fingerprint density at radius 3 is 2.58 bits per heavy atom. The number of hydrogen-bond acceptors (Lipinski definition) is 5. The quantitative estimate of drug-likeness (QED) is 0.360. The summed E-state index contributed by atoms with van der Waals surface area (Å²) in [7, 11) is -2.06. The lowest BCUT2D eigenvalue weighted by Crippen LogP contribution is -2.35. The number of carbonyl (C=O) groups is 1. The molecule has 0 N–H and O–H groups in total. The summed E-state index contributed by atoms with van der Waals surface area (Å²) in [6.07, 6.45) is 0.675. The molecule has 1 aliphatic heterocycles. The van der Waals surface area contributed by atoms with Gasteiger partial charge in [0.2, 0.25) is 10.0 Å². The lowest BCUT2D eigenvalue weighted by molar-refractivity contribution is 0.0997. The first-order valence-corrected chi connectivity index (χ1v) is 14.0. The summed E-state index contributed by atoms with van der Waals surface area (Å²) in [6, 6.07) is 19.4. The molecule has 1 aromatic heterocycles. The highest BCUT2D eigenvalue weighted by molar-refractivity contribution is 7.89. The van der Waals surface area contributed by atoms with Crippen LogP contribution in [0, 0.1) is 0 Å². The predicted molar refractivity (Wildman–Crippen MR) is 141 cm³/mol. The van der Waals surface area contributed by atoms with Crippen molar-refractivity contribution in [3.05, 3.63) is 93.2 Å². The molecule has 5 rings (SSSR count). The third-order valence-corrected chi connectivity index (χ3v) is 9.33. The van der Waals surface area contributed by atoms with E-state index in [-0.39, 0.29) is 4.90 Å². The first-order chi connectivity index (χ1) is 17.4. The van der Waals surface area contributed by atoms with E-state index in [1.807, 2.05) is 41.0 Å². The third kappa shape index (κ3) is 4.89. The Hall–Kier alpha value is -2.82. The average Bonchev–Trinajstić information content (AvgIpc) is 3.22. The molecule has 1 aliphatic rings. The van der Waals surface area contributed by atoms with Gasteiger partial charge in [0.1, 0.15) is 0 Å². The number of halogens is 1. The number of rotatable bonds is 6. The van der Waals surface area contributed by atoms with E-state index in [1.54, 1.807) is 13.2 Å². The van der Waals surface area contributed by atoms with Gasteiger partial charge in [-0.15, -0.1) is 0 Å². The normalized spacial score (nSPS) is 14.8. The number of ether oxygens (including phenoxy) is 1. The predicted octanol–water partition coefficient (Wildman–Crippen LogP) is 4.49. The Bertz CT molecular complexity index is 1610.